The topological polar surface area (TPSA) is 83.0 Å². The fraction of sp³-hybridized carbons (Fsp3) is 0.182. The summed E-state index contributed by atoms with van der Waals surface area (Å²) in [6.45, 7) is 1.83. The van der Waals surface area contributed by atoms with E-state index in [1.807, 2.05) is 6.92 Å². The molecule has 6 nitrogen and oxygen atoms in total. The van der Waals surface area contributed by atoms with Gasteiger partial charge in [-0.3, -0.25) is 0 Å². The Kier molecular flexibility index (Phi) is 2.78. The van der Waals surface area contributed by atoms with Crippen LogP contribution in [0, 0.1) is 6.92 Å². The van der Waals surface area contributed by atoms with Crippen molar-refractivity contribution in [2.24, 2.45) is 0 Å². The normalized spacial score (nSPS) is 10.2. The zero-order valence-electron chi connectivity index (χ0n) is 9.54. The van der Waals surface area contributed by atoms with Crippen molar-refractivity contribution in [3.8, 4) is 5.82 Å². The Morgan fingerprint density at radius 2 is 2.29 bits per heavy atom. The van der Waals surface area contributed by atoms with Crippen LogP contribution in [0.4, 0.5) is 5.82 Å². The van der Waals surface area contributed by atoms with Crippen molar-refractivity contribution in [3.63, 3.8) is 0 Å². The molecule has 0 aliphatic carbocycles. The molecular formula is C11H12N4O2. The average molecular weight is 232 g/mol. The number of methoxy groups -OCH3 is 1. The second-order valence-corrected chi connectivity index (χ2v) is 3.51. The number of nitrogens with two attached hydrogens (primary N) is 1. The minimum Gasteiger partial charge on any atom is -0.465 e. The summed E-state index contributed by atoms with van der Waals surface area (Å²) in [5.74, 6) is 0.352. The Balaban J connectivity index is 2.55. The largest absolute Gasteiger partial charge is 0.465 e. The van der Waals surface area contributed by atoms with E-state index in [2.05, 4.69) is 14.8 Å². The van der Waals surface area contributed by atoms with E-state index in [9.17, 15) is 4.79 Å². The summed E-state index contributed by atoms with van der Waals surface area (Å²) in [6, 6.07) is 3.29. The number of anilines is 1. The van der Waals surface area contributed by atoms with Gasteiger partial charge in [-0.05, 0) is 19.1 Å². The fourth-order valence-electron chi connectivity index (χ4n) is 1.43. The highest BCUT2D eigenvalue weighted by molar-refractivity contribution is 5.92. The number of nitrogens with zero attached hydrogens (tertiary/aromatic N) is 3. The van der Waals surface area contributed by atoms with Gasteiger partial charge in [-0.25, -0.2) is 14.5 Å². The predicted octanol–water partition coefficient (Wildman–Crippen LogP) is 0.945. The Morgan fingerprint density at radius 1 is 1.53 bits per heavy atom. The molecule has 0 aromatic carbocycles. The molecule has 0 amide bonds. The number of aromatic nitrogens is 3. The maximum absolute atomic E-state index is 11.6. The van der Waals surface area contributed by atoms with E-state index in [0.717, 1.165) is 5.56 Å². The summed E-state index contributed by atoms with van der Waals surface area (Å²) < 4.78 is 6.15. The van der Waals surface area contributed by atoms with Gasteiger partial charge < -0.3 is 10.5 Å². The summed E-state index contributed by atoms with van der Waals surface area (Å²) in [7, 11) is 1.32. The van der Waals surface area contributed by atoms with Gasteiger partial charge in [0.1, 0.15) is 11.4 Å². The molecule has 0 bridgehead atoms. The Hall–Kier alpha value is -2.37. The number of carbonyl (C=O) groups excluding carboxylic acids is 1. The molecule has 88 valence electrons. The standard InChI is InChI=1S/C11H12N4O2/c1-7-6-15(14-9(7)12)10-8(11(16)17-2)4-3-5-13-10/h3-6H,1-2H3,(H2,12,14). The van der Waals surface area contributed by atoms with Crippen LogP contribution in [0.1, 0.15) is 15.9 Å². The van der Waals surface area contributed by atoms with E-state index in [4.69, 9.17) is 5.73 Å². The number of hydrogen-bond donors (Lipinski definition) is 1. The molecule has 0 unspecified atom stereocenters. The van der Waals surface area contributed by atoms with Crippen LogP contribution in [0.25, 0.3) is 5.82 Å². The molecule has 2 rings (SSSR count). The third-order valence-electron chi connectivity index (χ3n) is 2.34. The van der Waals surface area contributed by atoms with Gasteiger partial charge in [0.25, 0.3) is 0 Å². The van der Waals surface area contributed by atoms with E-state index in [-0.39, 0.29) is 0 Å². The van der Waals surface area contributed by atoms with Gasteiger partial charge in [0.2, 0.25) is 0 Å². The van der Waals surface area contributed by atoms with Crippen molar-refractivity contribution >= 4 is 11.8 Å². The second-order valence-electron chi connectivity index (χ2n) is 3.51. The number of ether oxygens (including phenoxy) is 1. The van der Waals surface area contributed by atoms with E-state index in [0.29, 0.717) is 17.2 Å². The smallest absolute Gasteiger partial charge is 0.341 e. The van der Waals surface area contributed by atoms with Crippen molar-refractivity contribution < 1.29 is 9.53 Å². The molecule has 0 spiro atoms. The summed E-state index contributed by atoms with van der Waals surface area (Å²) in [5.41, 5.74) is 6.83. The lowest BCUT2D eigenvalue weighted by Crippen LogP contribution is -2.10. The molecule has 0 fully saturated rings. The first kappa shape index (κ1) is 11.1. The monoisotopic (exact) mass is 232 g/mol. The lowest BCUT2D eigenvalue weighted by molar-refractivity contribution is 0.0600. The first-order chi connectivity index (χ1) is 8.13. The molecule has 2 N–H and O–H groups in total. The van der Waals surface area contributed by atoms with Crippen LogP contribution in [-0.2, 0) is 4.74 Å². The maximum atomic E-state index is 11.6. The van der Waals surface area contributed by atoms with Crippen LogP contribution in [-0.4, -0.2) is 27.8 Å². The molecule has 17 heavy (non-hydrogen) atoms. The van der Waals surface area contributed by atoms with Crippen molar-refractivity contribution in [1.82, 2.24) is 14.8 Å². The molecule has 0 aliphatic heterocycles. The molecule has 2 heterocycles. The third kappa shape index (κ3) is 1.96. The Bertz CT molecular complexity index is 543. The van der Waals surface area contributed by atoms with Gasteiger partial charge in [-0.2, -0.15) is 0 Å². The van der Waals surface area contributed by atoms with Gasteiger partial charge in [0.15, 0.2) is 5.82 Å². The number of carbonyl (C=O) groups is 1. The zero-order valence-corrected chi connectivity index (χ0v) is 9.54. The lowest BCUT2D eigenvalue weighted by Gasteiger charge is -2.05. The first-order valence-electron chi connectivity index (χ1n) is 4.99. The van der Waals surface area contributed by atoms with Gasteiger partial charge in [-0.1, -0.05) is 0 Å². The highest BCUT2D eigenvalue weighted by Gasteiger charge is 2.15. The fourth-order valence-corrected chi connectivity index (χ4v) is 1.43. The van der Waals surface area contributed by atoms with Crippen LogP contribution in [0.2, 0.25) is 0 Å². The molecule has 2 aromatic heterocycles. The van der Waals surface area contributed by atoms with Crippen molar-refractivity contribution in [3.05, 3.63) is 35.7 Å². The molecule has 0 radical (unpaired) electrons. The molecule has 0 saturated heterocycles. The van der Waals surface area contributed by atoms with E-state index >= 15 is 0 Å². The number of pyridine rings is 1. The van der Waals surface area contributed by atoms with E-state index < -0.39 is 5.97 Å². The molecule has 6 heteroatoms. The van der Waals surface area contributed by atoms with Gasteiger partial charge in [-0.15, -0.1) is 5.10 Å². The number of nitrogen functional groups attached to an aromatic ring is 1. The van der Waals surface area contributed by atoms with Gasteiger partial charge in [0.05, 0.1) is 7.11 Å². The van der Waals surface area contributed by atoms with Crippen molar-refractivity contribution in [2.45, 2.75) is 6.92 Å². The van der Waals surface area contributed by atoms with Crippen LogP contribution in [0.3, 0.4) is 0 Å². The second kappa shape index (κ2) is 4.25. The zero-order chi connectivity index (χ0) is 12.4. The molecule has 0 aliphatic rings. The summed E-state index contributed by atoms with van der Waals surface area (Å²) in [5, 5.41) is 4.08. The summed E-state index contributed by atoms with van der Waals surface area (Å²) in [4.78, 5) is 15.7. The number of aryl methyl sites for hydroxylation is 1. The molecule has 0 saturated carbocycles. The highest BCUT2D eigenvalue weighted by atomic mass is 16.5. The molecular weight excluding hydrogens is 220 g/mol. The predicted molar refractivity (Wildman–Crippen MR) is 61.8 cm³/mol. The average Bonchev–Trinajstić information content (AvgIpc) is 2.68. The number of esters is 1. The Morgan fingerprint density at radius 3 is 2.88 bits per heavy atom. The van der Waals surface area contributed by atoms with Crippen molar-refractivity contribution in [2.75, 3.05) is 12.8 Å². The SMILES string of the molecule is COC(=O)c1cccnc1-n1cc(C)c(N)n1. The highest BCUT2D eigenvalue weighted by Crippen LogP contribution is 2.15. The maximum Gasteiger partial charge on any atom is 0.341 e. The summed E-state index contributed by atoms with van der Waals surface area (Å²) in [6.07, 6.45) is 3.29. The van der Waals surface area contributed by atoms with Crippen LogP contribution in [0.5, 0.6) is 0 Å². The van der Waals surface area contributed by atoms with Gasteiger partial charge >= 0.3 is 5.97 Å². The number of hydrogen-bond acceptors (Lipinski definition) is 5. The lowest BCUT2D eigenvalue weighted by atomic mass is 10.2. The van der Waals surface area contributed by atoms with Crippen LogP contribution >= 0.6 is 0 Å². The van der Waals surface area contributed by atoms with Crippen LogP contribution in [0.15, 0.2) is 24.5 Å². The van der Waals surface area contributed by atoms with Crippen LogP contribution < -0.4 is 5.73 Å². The van der Waals surface area contributed by atoms with E-state index in [1.54, 1.807) is 24.5 Å². The van der Waals surface area contributed by atoms with Crippen molar-refractivity contribution in [1.29, 1.82) is 0 Å². The molecule has 0 atom stereocenters. The van der Waals surface area contributed by atoms with E-state index in [1.165, 1.54) is 11.8 Å². The third-order valence-corrected chi connectivity index (χ3v) is 2.34. The Labute approximate surface area is 98.0 Å². The molecule has 2 aromatic rings. The summed E-state index contributed by atoms with van der Waals surface area (Å²) >= 11 is 0. The minimum atomic E-state index is -0.458. The first-order valence-corrected chi connectivity index (χ1v) is 4.99. The minimum absolute atomic E-state index is 0.345. The van der Waals surface area contributed by atoms with Gasteiger partial charge in [0, 0.05) is 18.0 Å². The quantitative estimate of drug-likeness (QED) is 0.779. The number of rotatable bonds is 2.